The summed E-state index contributed by atoms with van der Waals surface area (Å²) < 4.78 is 30.4. The summed E-state index contributed by atoms with van der Waals surface area (Å²) in [5.41, 5.74) is 4.86. The number of nitrogens with zero attached hydrogens (tertiary/aromatic N) is 6. The van der Waals surface area contributed by atoms with Gasteiger partial charge < -0.3 is 14.4 Å². The monoisotopic (exact) mass is 586 g/mol. The third-order valence-corrected chi connectivity index (χ3v) is 8.48. The molecule has 1 saturated heterocycles. The molecule has 216 valence electrons. The molecule has 0 atom stereocenters. The van der Waals surface area contributed by atoms with E-state index in [1.165, 1.54) is 18.2 Å². The van der Waals surface area contributed by atoms with Crippen molar-refractivity contribution in [2.45, 2.75) is 18.9 Å². The fourth-order valence-electron chi connectivity index (χ4n) is 5.44. The summed E-state index contributed by atoms with van der Waals surface area (Å²) in [5.74, 6) is -0.00629. The number of hydrogen-bond donors (Lipinski definition) is 0. The van der Waals surface area contributed by atoms with Gasteiger partial charge >= 0.3 is 0 Å². The van der Waals surface area contributed by atoms with Crippen LogP contribution in [0.25, 0.3) is 43.7 Å². The number of ether oxygens (including phenoxy) is 2. The van der Waals surface area contributed by atoms with Gasteiger partial charge in [-0.3, -0.25) is 14.2 Å². The zero-order chi connectivity index (χ0) is 29.2. The third-order valence-electron chi connectivity index (χ3n) is 7.54. The first-order chi connectivity index (χ1) is 20.5. The smallest absolute Gasteiger partial charge is 0.245 e. The van der Waals surface area contributed by atoms with Gasteiger partial charge in [-0.05, 0) is 42.5 Å². The van der Waals surface area contributed by atoms with E-state index in [1.54, 1.807) is 29.2 Å². The number of halogens is 1. The van der Waals surface area contributed by atoms with Crippen molar-refractivity contribution in [2.24, 2.45) is 7.05 Å². The van der Waals surface area contributed by atoms with E-state index < -0.39 is 0 Å². The lowest BCUT2D eigenvalue weighted by Gasteiger charge is -2.31. The summed E-state index contributed by atoms with van der Waals surface area (Å²) in [6.45, 7) is 5.56. The van der Waals surface area contributed by atoms with E-state index in [-0.39, 0.29) is 24.4 Å². The number of hydrogen-bond acceptors (Lipinski definition) is 7. The summed E-state index contributed by atoms with van der Waals surface area (Å²) in [6.07, 6.45) is 10.5. The summed E-state index contributed by atoms with van der Waals surface area (Å²) in [7, 11) is 3.48. The summed E-state index contributed by atoms with van der Waals surface area (Å²) in [6, 6.07) is 6.80. The Kier molecular flexibility index (Phi) is 7.86. The van der Waals surface area contributed by atoms with Crippen molar-refractivity contribution >= 4 is 27.3 Å². The first-order valence-corrected chi connectivity index (χ1v) is 14.6. The lowest BCUT2D eigenvalue weighted by atomic mass is 9.96. The molecular weight excluding hydrogens is 555 g/mol. The molecule has 1 amide bonds. The van der Waals surface area contributed by atoms with Crippen LogP contribution in [0.1, 0.15) is 18.9 Å². The molecule has 0 radical (unpaired) electrons. The Morgan fingerprint density at radius 2 is 1.90 bits per heavy atom. The van der Waals surface area contributed by atoms with Crippen molar-refractivity contribution in [2.75, 3.05) is 33.4 Å². The summed E-state index contributed by atoms with van der Waals surface area (Å²) in [5, 5.41) is 12.1. The highest BCUT2D eigenvalue weighted by Crippen LogP contribution is 2.46. The van der Waals surface area contributed by atoms with E-state index in [2.05, 4.69) is 17.7 Å². The highest BCUT2D eigenvalue weighted by atomic mass is 32.1. The molecule has 0 unspecified atom stereocenters. The maximum absolute atomic E-state index is 14.5. The quantitative estimate of drug-likeness (QED) is 0.162. The van der Waals surface area contributed by atoms with Gasteiger partial charge in [-0.15, -0.1) is 11.3 Å². The van der Waals surface area contributed by atoms with Crippen molar-refractivity contribution in [1.82, 2.24) is 29.4 Å². The van der Waals surface area contributed by atoms with Crippen LogP contribution in [0.3, 0.4) is 0 Å². The Morgan fingerprint density at radius 1 is 1.12 bits per heavy atom. The second-order valence-electron chi connectivity index (χ2n) is 10.2. The van der Waals surface area contributed by atoms with Crippen LogP contribution in [0.4, 0.5) is 4.39 Å². The summed E-state index contributed by atoms with van der Waals surface area (Å²) >= 11 is 1.60. The molecule has 5 aromatic rings. The molecule has 1 aromatic carbocycles. The third kappa shape index (κ3) is 5.33. The number of likely N-dealkylation sites (tertiary alicyclic amines) is 1. The highest BCUT2D eigenvalue weighted by molar-refractivity contribution is 7.18. The topological polar surface area (TPSA) is 87.3 Å². The maximum Gasteiger partial charge on any atom is 0.245 e. The second kappa shape index (κ2) is 11.9. The van der Waals surface area contributed by atoms with E-state index in [0.717, 1.165) is 56.6 Å². The minimum absolute atomic E-state index is 0.0431. The van der Waals surface area contributed by atoms with E-state index in [0.29, 0.717) is 25.4 Å². The molecule has 1 fully saturated rings. The molecule has 5 heterocycles. The number of rotatable bonds is 9. The van der Waals surface area contributed by atoms with Crippen LogP contribution >= 0.6 is 11.3 Å². The zero-order valence-electron chi connectivity index (χ0n) is 23.5. The van der Waals surface area contributed by atoms with E-state index in [4.69, 9.17) is 19.6 Å². The van der Waals surface area contributed by atoms with Crippen LogP contribution in [0.2, 0.25) is 0 Å². The van der Waals surface area contributed by atoms with E-state index in [1.807, 2.05) is 46.8 Å². The number of fused-ring (bicyclic) bond motifs is 1. The average Bonchev–Trinajstić information content (AvgIpc) is 3.78. The largest absolute Gasteiger partial charge is 0.490 e. The number of aryl methyl sites for hydroxylation is 1. The van der Waals surface area contributed by atoms with Crippen LogP contribution < -0.4 is 4.74 Å². The van der Waals surface area contributed by atoms with Crippen LogP contribution in [0, 0.1) is 5.82 Å². The molecule has 42 heavy (non-hydrogen) atoms. The molecule has 6 rings (SSSR count). The van der Waals surface area contributed by atoms with Gasteiger partial charge in [0.05, 0.1) is 36.4 Å². The summed E-state index contributed by atoms with van der Waals surface area (Å²) in [4.78, 5) is 19.1. The molecule has 9 nitrogen and oxygen atoms in total. The van der Waals surface area contributed by atoms with Gasteiger partial charge in [0.1, 0.15) is 18.2 Å². The minimum atomic E-state index is -0.385. The fourth-order valence-corrected chi connectivity index (χ4v) is 6.40. The number of thiophene rings is 1. The van der Waals surface area contributed by atoms with Gasteiger partial charge in [0, 0.05) is 78.0 Å². The normalized spacial score (nSPS) is 14.0. The highest BCUT2D eigenvalue weighted by Gasteiger charge is 2.26. The first-order valence-electron chi connectivity index (χ1n) is 13.7. The lowest BCUT2D eigenvalue weighted by Crippen LogP contribution is -2.38. The molecule has 0 bridgehead atoms. The molecule has 0 N–H and O–H groups in total. The Balaban J connectivity index is 1.48. The van der Waals surface area contributed by atoms with Crippen molar-refractivity contribution in [3.05, 3.63) is 72.9 Å². The van der Waals surface area contributed by atoms with Crippen molar-refractivity contribution in [3.8, 4) is 39.4 Å². The molecule has 4 aromatic heterocycles. The van der Waals surface area contributed by atoms with Crippen LogP contribution in [-0.2, 0) is 16.6 Å². The van der Waals surface area contributed by atoms with Crippen molar-refractivity contribution in [3.63, 3.8) is 0 Å². The zero-order valence-corrected chi connectivity index (χ0v) is 24.3. The van der Waals surface area contributed by atoms with Gasteiger partial charge in [0.25, 0.3) is 0 Å². The van der Waals surface area contributed by atoms with Crippen LogP contribution in [0.15, 0.2) is 67.1 Å². The predicted molar refractivity (Wildman–Crippen MR) is 161 cm³/mol. The number of pyridine rings is 1. The Bertz CT molecular complexity index is 1750. The number of amides is 1. The Labute approximate surface area is 246 Å². The second-order valence-corrected chi connectivity index (χ2v) is 11.1. The minimum Gasteiger partial charge on any atom is -0.490 e. The fraction of sp³-hybridized carbons (Fsp3) is 0.290. The predicted octanol–water partition coefficient (Wildman–Crippen LogP) is 5.74. The van der Waals surface area contributed by atoms with Crippen molar-refractivity contribution < 1.29 is 18.7 Å². The standard InChI is InChI=1S/C31H31FN6O3S/c1-4-27(39)37-10-7-23(8-11-37)38-19-21(17-34-38)30-28(24-6-5-22(32)15-26(24)41-13-12-40-3)31-25(9-14-42-31)29(35-30)20-16-33-36(2)18-20/h4-6,9,14-19,23H,1,7-8,10-13H2,2-3H3. The number of carbonyl (C=O) groups is 1. The van der Waals surface area contributed by atoms with Gasteiger partial charge in [0.2, 0.25) is 5.91 Å². The number of carbonyl (C=O) groups excluding carboxylic acids is 1. The van der Waals surface area contributed by atoms with Crippen molar-refractivity contribution in [1.29, 1.82) is 0 Å². The lowest BCUT2D eigenvalue weighted by molar-refractivity contribution is -0.127. The molecule has 0 spiro atoms. The molecule has 1 aliphatic heterocycles. The number of aromatic nitrogens is 5. The maximum atomic E-state index is 14.5. The molecule has 0 saturated carbocycles. The Hall–Kier alpha value is -4.35. The van der Waals surface area contributed by atoms with E-state index in [9.17, 15) is 9.18 Å². The van der Waals surface area contributed by atoms with Crippen LogP contribution in [-0.4, -0.2) is 68.8 Å². The molecule has 1 aliphatic rings. The first kappa shape index (κ1) is 27.8. The van der Waals surface area contributed by atoms with Gasteiger partial charge in [-0.2, -0.15) is 10.2 Å². The van der Waals surface area contributed by atoms with Gasteiger partial charge in [-0.1, -0.05) is 6.58 Å². The number of methoxy groups -OCH3 is 1. The molecule has 0 aliphatic carbocycles. The molecular formula is C31H31FN6O3S. The number of benzene rings is 1. The van der Waals surface area contributed by atoms with Crippen LogP contribution in [0.5, 0.6) is 5.75 Å². The average molecular weight is 587 g/mol. The van der Waals surface area contributed by atoms with Gasteiger partial charge in [0.15, 0.2) is 0 Å². The number of piperidine rings is 1. The Morgan fingerprint density at radius 3 is 2.64 bits per heavy atom. The SMILES string of the molecule is C=CC(=O)N1CCC(n2cc(-c3nc(-c4cnn(C)c4)c4ccsc4c3-c3ccc(F)cc3OCCOC)cn2)CC1. The molecule has 11 heteroatoms. The van der Waals surface area contributed by atoms with Gasteiger partial charge in [-0.25, -0.2) is 9.37 Å². The van der Waals surface area contributed by atoms with E-state index >= 15 is 0 Å².